The van der Waals surface area contributed by atoms with E-state index in [0.29, 0.717) is 16.7 Å². The van der Waals surface area contributed by atoms with Gasteiger partial charge in [0.15, 0.2) is 5.17 Å². The van der Waals surface area contributed by atoms with Gasteiger partial charge in [-0.3, -0.25) is 9.69 Å². The lowest BCUT2D eigenvalue weighted by molar-refractivity contribution is -0.121. The van der Waals surface area contributed by atoms with Gasteiger partial charge in [0.25, 0.3) is 5.91 Å². The third-order valence-electron chi connectivity index (χ3n) is 4.76. The van der Waals surface area contributed by atoms with Crippen LogP contribution in [0.2, 0.25) is 0 Å². The fraction of sp³-hybridized carbons (Fsp3) is 0.120. The molecule has 0 saturated carbocycles. The lowest BCUT2D eigenvalue weighted by atomic mass is 10.2. The highest BCUT2D eigenvalue weighted by Crippen LogP contribution is 2.33. The molecule has 1 amide bonds. The number of amidine groups is 1. The number of hydrogen-bond acceptors (Lipinski definition) is 4. The third kappa shape index (κ3) is 5.46. The van der Waals surface area contributed by atoms with Crippen LogP contribution in [0, 0.1) is 6.92 Å². The van der Waals surface area contributed by atoms with Crippen molar-refractivity contribution in [2.45, 2.75) is 13.5 Å². The predicted molar refractivity (Wildman–Crippen MR) is 132 cm³/mol. The predicted octanol–water partition coefficient (Wildman–Crippen LogP) is 6.57. The van der Waals surface area contributed by atoms with Crippen molar-refractivity contribution < 1.29 is 9.53 Å². The maximum atomic E-state index is 12.6. The van der Waals surface area contributed by atoms with Crippen molar-refractivity contribution >= 4 is 50.5 Å². The van der Waals surface area contributed by atoms with E-state index in [-0.39, 0.29) is 5.91 Å². The number of hydrogen-bond donors (Lipinski definition) is 0. The van der Waals surface area contributed by atoms with Crippen LogP contribution in [0.1, 0.15) is 16.7 Å². The highest BCUT2D eigenvalue weighted by atomic mass is 79.9. The average Bonchev–Trinajstić information content (AvgIpc) is 3.03. The Morgan fingerprint density at radius 2 is 1.68 bits per heavy atom. The summed E-state index contributed by atoms with van der Waals surface area (Å²) in [7, 11) is 1.75. The SMILES string of the molecule is Cc1ccc(N=C2S/C(=C/c3ccc(OCc4ccc(Br)cc4)cc3)C(=O)N2C)cc1. The summed E-state index contributed by atoms with van der Waals surface area (Å²) in [5, 5.41) is 0.676. The van der Waals surface area contributed by atoms with E-state index in [1.54, 1.807) is 11.9 Å². The summed E-state index contributed by atoms with van der Waals surface area (Å²) in [5.41, 5.74) is 4.06. The fourth-order valence-electron chi connectivity index (χ4n) is 2.94. The minimum absolute atomic E-state index is 0.0496. The molecule has 0 radical (unpaired) electrons. The number of rotatable bonds is 5. The number of amides is 1. The Hall–Kier alpha value is -2.83. The second-order valence-electron chi connectivity index (χ2n) is 7.19. The lowest BCUT2D eigenvalue weighted by Crippen LogP contribution is -2.23. The first-order chi connectivity index (χ1) is 15.0. The molecule has 3 aromatic rings. The first-order valence-corrected chi connectivity index (χ1v) is 11.4. The van der Waals surface area contributed by atoms with E-state index in [4.69, 9.17) is 4.74 Å². The largest absolute Gasteiger partial charge is 0.489 e. The molecule has 1 saturated heterocycles. The smallest absolute Gasteiger partial charge is 0.266 e. The zero-order chi connectivity index (χ0) is 21.8. The number of carbonyl (C=O) groups excluding carboxylic acids is 1. The maximum Gasteiger partial charge on any atom is 0.266 e. The third-order valence-corrected chi connectivity index (χ3v) is 6.35. The van der Waals surface area contributed by atoms with Crippen molar-refractivity contribution in [3.05, 3.63) is 98.9 Å². The number of likely N-dealkylation sites (N-methyl/N-ethyl adjacent to an activating group) is 1. The molecular formula is C25H21BrN2O2S. The monoisotopic (exact) mass is 492 g/mol. The van der Waals surface area contributed by atoms with Crippen molar-refractivity contribution in [3.8, 4) is 5.75 Å². The van der Waals surface area contributed by atoms with Gasteiger partial charge in [-0.1, -0.05) is 57.9 Å². The fourth-order valence-corrected chi connectivity index (χ4v) is 4.19. The highest BCUT2D eigenvalue weighted by Gasteiger charge is 2.30. The molecule has 0 aromatic heterocycles. The van der Waals surface area contributed by atoms with E-state index in [0.717, 1.165) is 27.0 Å². The van der Waals surface area contributed by atoms with Gasteiger partial charge >= 0.3 is 0 Å². The summed E-state index contributed by atoms with van der Waals surface area (Å²) in [6, 6.07) is 23.7. The minimum Gasteiger partial charge on any atom is -0.489 e. The van der Waals surface area contributed by atoms with Crippen molar-refractivity contribution in [3.63, 3.8) is 0 Å². The van der Waals surface area contributed by atoms with E-state index in [1.165, 1.54) is 17.3 Å². The Kier molecular flexibility index (Phi) is 6.59. The Balaban J connectivity index is 1.43. The molecule has 31 heavy (non-hydrogen) atoms. The quantitative estimate of drug-likeness (QED) is 0.378. The van der Waals surface area contributed by atoms with Crippen LogP contribution in [-0.4, -0.2) is 23.0 Å². The van der Waals surface area contributed by atoms with Gasteiger partial charge in [0.2, 0.25) is 0 Å². The summed E-state index contributed by atoms with van der Waals surface area (Å²) in [4.78, 5) is 19.5. The highest BCUT2D eigenvalue weighted by molar-refractivity contribution is 9.10. The van der Waals surface area contributed by atoms with Crippen LogP contribution in [-0.2, 0) is 11.4 Å². The van der Waals surface area contributed by atoms with Gasteiger partial charge in [0.05, 0.1) is 10.6 Å². The number of benzene rings is 3. The summed E-state index contributed by atoms with van der Waals surface area (Å²) in [5.74, 6) is 0.737. The number of ether oxygens (including phenoxy) is 1. The number of carbonyl (C=O) groups is 1. The molecule has 0 unspecified atom stereocenters. The van der Waals surface area contributed by atoms with Crippen LogP contribution in [0.3, 0.4) is 0 Å². The first-order valence-electron chi connectivity index (χ1n) is 9.78. The van der Waals surface area contributed by atoms with Crippen LogP contribution < -0.4 is 4.74 Å². The summed E-state index contributed by atoms with van der Waals surface area (Å²) >= 11 is 4.82. The van der Waals surface area contributed by atoms with E-state index >= 15 is 0 Å². The molecule has 0 bridgehead atoms. The zero-order valence-corrected chi connectivity index (χ0v) is 19.6. The van der Waals surface area contributed by atoms with Gasteiger partial charge in [-0.25, -0.2) is 4.99 Å². The normalized spacial score (nSPS) is 16.4. The van der Waals surface area contributed by atoms with E-state index < -0.39 is 0 Å². The van der Waals surface area contributed by atoms with Crippen molar-refractivity contribution in [1.82, 2.24) is 4.90 Å². The standard InChI is InChI=1S/C25H21BrN2O2S/c1-17-3-11-21(12-4-17)27-25-28(2)24(29)23(31-25)15-18-7-13-22(14-8-18)30-16-19-5-9-20(26)10-6-19/h3-15H,16H2,1-2H3/b23-15+,27-25?. The molecule has 0 N–H and O–H groups in total. The Bertz CT molecular complexity index is 1140. The topological polar surface area (TPSA) is 41.9 Å². The molecule has 4 rings (SSSR count). The van der Waals surface area contributed by atoms with Crippen molar-refractivity contribution in [1.29, 1.82) is 0 Å². The lowest BCUT2D eigenvalue weighted by Gasteiger charge is -2.07. The molecule has 1 fully saturated rings. The molecule has 0 spiro atoms. The number of aryl methyl sites for hydroxylation is 1. The maximum absolute atomic E-state index is 12.6. The second-order valence-corrected chi connectivity index (χ2v) is 9.11. The van der Waals surface area contributed by atoms with Crippen LogP contribution >= 0.6 is 27.7 Å². The summed E-state index contributed by atoms with van der Waals surface area (Å²) in [6.07, 6.45) is 1.89. The van der Waals surface area contributed by atoms with Gasteiger partial charge in [-0.2, -0.15) is 0 Å². The van der Waals surface area contributed by atoms with Gasteiger partial charge < -0.3 is 4.74 Å². The number of thioether (sulfide) groups is 1. The van der Waals surface area contributed by atoms with E-state index in [2.05, 4.69) is 20.9 Å². The molecule has 1 aliphatic heterocycles. The van der Waals surface area contributed by atoms with Gasteiger partial charge in [-0.05, 0) is 72.3 Å². The zero-order valence-electron chi connectivity index (χ0n) is 17.2. The van der Waals surface area contributed by atoms with Crippen molar-refractivity contribution in [2.75, 3.05) is 7.05 Å². The van der Waals surface area contributed by atoms with Gasteiger partial charge in [0.1, 0.15) is 12.4 Å². The summed E-state index contributed by atoms with van der Waals surface area (Å²) in [6.45, 7) is 2.54. The molecular weight excluding hydrogens is 472 g/mol. The number of aliphatic imine (C=N–C) groups is 1. The molecule has 0 atom stereocenters. The molecule has 4 nitrogen and oxygen atoms in total. The van der Waals surface area contributed by atoms with Gasteiger partial charge in [-0.15, -0.1) is 0 Å². The second kappa shape index (κ2) is 9.54. The van der Waals surface area contributed by atoms with Crippen LogP contribution in [0.4, 0.5) is 5.69 Å². The Labute approximate surface area is 194 Å². The van der Waals surface area contributed by atoms with Crippen LogP contribution in [0.15, 0.2) is 87.2 Å². The molecule has 156 valence electrons. The Morgan fingerprint density at radius 1 is 1.00 bits per heavy atom. The van der Waals surface area contributed by atoms with E-state index in [9.17, 15) is 4.79 Å². The molecule has 6 heteroatoms. The first kappa shape index (κ1) is 21.4. The Morgan fingerprint density at radius 3 is 2.35 bits per heavy atom. The molecule has 1 aliphatic rings. The van der Waals surface area contributed by atoms with Crippen LogP contribution in [0.5, 0.6) is 5.75 Å². The molecule has 0 aliphatic carbocycles. The average molecular weight is 493 g/mol. The van der Waals surface area contributed by atoms with Gasteiger partial charge in [0, 0.05) is 11.5 Å². The summed E-state index contributed by atoms with van der Waals surface area (Å²) < 4.78 is 6.90. The van der Waals surface area contributed by atoms with Crippen molar-refractivity contribution in [2.24, 2.45) is 4.99 Å². The molecule has 1 heterocycles. The van der Waals surface area contributed by atoms with Crippen LogP contribution in [0.25, 0.3) is 6.08 Å². The van der Waals surface area contributed by atoms with E-state index in [1.807, 2.05) is 85.8 Å². The number of halogens is 1. The molecule has 3 aromatic carbocycles. The minimum atomic E-state index is -0.0496. The number of nitrogens with zero attached hydrogens (tertiary/aromatic N) is 2.